The van der Waals surface area contributed by atoms with Crippen LogP contribution in [0.25, 0.3) is 0 Å². The molecule has 0 aliphatic rings. The third-order valence-electron chi connectivity index (χ3n) is 2.59. The highest BCUT2D eigenvalue weighted by Gasteiger charge is 2.14. The highest BCUT2D eigenvalue weighted by molar-refractivity contribution is 5.95. The third kappa shape index (κ3) is 2.71. The summed E-state index contributed by atoms with van der Waals surface area (Å²) in [5.74, 6) is 1.93. The molecule has 0 bridgehead atoms. The number of terminal acetylenes is 1. The number of hydrogen-bond acceptors (Lipinski definition) is 5. The van der Waals surface area contributed by atoms with Crippen LogP contribution in [0.3, 0.4) is 0 Å². The monoisotopic (exact) mass is 273 g/mol. The zero-order valence-corrected chi connectivity index (χ0v) is 10.3. The minimum atomic E-state index is -0.687. The molecule has 2 rings (SSSR count). The largest absolute Gasteiger partial charge is 0.472 e. The fourth-order valence-electron chi connectivity index (χ4n) is 1.67. The van der Waals surface area contributed by atoms with Crippen molar-refractivity contribution >= 4 is 5.91 Å². The second kappa shape index (κ2) is 5.77. The van der Waals surface area contributed by atoms with E-state index < -0.39 is 5.91 Å². The quantitative estimate of drug-likeness (QED) is 0.331. The van der Waals surface area contributed by atoms with E-state index in [0.29, 0.717) is 16.0 Å². The summed E-state index contributed by atoms with van der Waals surface area (Å²) in [4.78, 5) is 12.2. The molecule has 7 heteroatoms. The van der Waals surface area contributed by atoms with Gasteiger partial charge < -0.3 is 9.94 Å². The van der Waals surface area contributed by atoms with Crippen LogP contribution in [0.15, 0.2) is 30.5 Å². The summed E-state index contributed by atoms with van der Waals surface area (Å²) in [6.45, 7) is -0.0276. The first-order valence-electron chi connectivity index (χ1n) is 5.56. The molecule has 1 aromatic heterocycles. The van der Waals surface area contributed by atoms with Gasteiger partial charge in [0.25, 0.3) is 5.91 Å². The smallest absolute Gasteiger partial charge is 0.275 e. The van der Waals surface area contributed by atoms with Gasteiger partial charge in [0.2, 0.25) is 5.88 Å². The van der Waals surface area contributed by atoms with Crippen molar-refractivity contribution in [3.05, 3.63) is 47.2 Å². The first-order valence-corrected chi connectivity index (χ1v) is 5.56. The van der Waals surface area contributed by atoms with E-state index in [1.54, 1.807) is 17.6 Å². The second-order valence-electron chi connectivity index (χ2n) is 3.78. The molecular weight excluding hydrogens is 262 g/mol. The van der Waals surface area contributed by atoms with Crippen LogP contribution in [-0.4, -0.2) is 26.3 Å². The van der Waals surface area contributed by atoms with Gasteiger partial charge in [0.1, 0.15) is 6.61 Å². The Morgan fingerprint density at radius 3 is 2.90 bits per heavy atom. The molecule has 7 nitrogen and oxygen atoms in total. The van der Waals surface area contributed by atoms with Crippen LogP contribution in [0.1, 0.15) is 21.5 Å². The number of aromatic nitrogens is 2. The molecule has 0 aliphatic heterocycles. The summed E-state index contributed by atoms with van der Waals surface area (Å²) in [5.41, 5.74) is 2.66. The van der Waals surface area contributed by atoms with Gasteiger partial charge in [0, 0.05) is 22.8 Å². The van der Waals surface area contributed by atoms with Crippen LogP contribution in [0.5, 0.6) is 5.88 Å². The number of hydroxylamine groups is 1. The molecule has 1 amide bonds. The first-order chi connectivity index (χ1) is 9.65. The molecule has 2 aromatic rings. The van der Waals surface area contributed by atoms with Gasteiger partial charge in [0.15, 0.2) is 0 Å². The van der Waals surface area contributed by atoms with Crippen molar-refractivity contribution in [2.75, 3.05) is 0 Å². The van der Waals surface area contributed by atoms with Gasteiger partial charge in [-0.3, -0.25) is 10.0 Å². The zero-order valence-electron chi connectivity index (χ0n) is 10.3. The van der Waals surface area contributed by atoms with E-state index >= 15 is 0 Å². The van der Waals surface area contributed by atoms with Crippen LogP contribution in [0.4, 0.5) is 0 Å². The number of hydrogen-bond donors (Lipinski definition) is 3. The average Bonchev–Trinajstić information content (AvgIpc) is 2.89. The van der Waals surface area contributed by atoms with E-state index in [0.717, 1.165) is 0 Å². The Kier molecular flexibility index (Phi) is 3.88. The van der Waals surface area contributed by atoms with Crippen LogP contribution >= 0.6 is 0 Å². The molecular formula is C13H11N3O4. The second-order valence-corrected chi connectivity index (χ2v) is 3.78. The van der Waals surface area contributed by atoms with Crippen LogP contribution < -0.4 is 10.2 Å². The summed E-state index contributed by atoms with van der Waals surface area (Å²) in [7, 11) is 0. The molecule has 0 fully saturated rings. The summed E-state index contributed by atoms with van der Waals surface area (Å²) < 4.78 is 5.34. The predicted octanol–water partition coefficient (Wildman–Crippen LogP) is 0.800. The average molecular weight is 273 g/mol. The predicted molar refractivity (Wildman–Crippen MR) is 67.4 cm³/mol. The lowest BCUT2D eigenvalue weighted by atomic mass is 10.0. The Bertz CT molecular complexity index is 672. The normalized spacial score (nSPS) is 9.80. The fraction of sp³-hybridized carbons (Fsp3) is 0.0769. The molecule has 0 saturated heterocycles. The van der Waals surface area contributed by atoms with Gasteiger partial charge in [-0.2, -0.15) is 0 Å². The number of nitrogens with one attached hydrogen (secondary N) is 1. The highest BCUT2D eigenvalue weighted by atomic mass is 16.5. The lowest BCUT2D eigenvalue weighted by Crippen LogP contribution is -2.21. The number of carbonyl (C=O) groups is 1. The molecule has 102 valence electrons. The van der Waals surface area contributed by atoms with Gasteiger partial charge in [-0.25, -0.2) is 5.48 Å². The van der Waals surface area contributed by atoms with Crippen LogP contribution in [0.2, 0.25) is 0 Å². The molecule has 20 heavy (non-hydrogen) atoms. The van der Waals surface area contributed by atoms with Crippen molar-refractivity contribution in [3.8, 4) is 18.2 Å². The topological polar surface area (TPSA) is 96.6 Å². The van der Waals surface area contributed by atoms with Crippen molar-refractivity contribution in [2.45, 2.75) is 6.61 Å². The number of amides is 1. The fourth-order valence-corrected chi connectivity index (χ4v) is 1.67. The highest BCUT2D eigenvalue weighted by Crippen LogP contribution is 2.17. The van der Waals surface area contributed by atoms with E-state index in [-0.39, 0.29) is 18.1 Å². The van der Waals surface area contributed by atoms with Crippen LogP contribution in [0, 0.1) is 12.3 Å². The molecule has 1 heterocycles. The maximum atomic E-state index is 11.6. The SMILES string of the molecule is C#Cc1cccc(C(=O)NO)c1COc1ccn(O)n1. The van der Waals surface area contributed by atoms with E-state index in [1.807, 2.05) is 0 Å². The number of benzene rings is 1. The number of ether oxygens (including phenoxy) is 1. The standard InChI is InChI=1S/C13H11N3O4/c1-2-9-4-3-5-10(13(17)15-18)11(9)8-20-12-6-7-16(19)14-12/h1,3-7,18-19H,8H2,(H,15,17). The van der Waals surface area contributed by atoms with Crippen molar-refractivity contribution in [1.29, 1.82) is 0 Å². The molecule has 0 atom stereocenters. The van der Waals surface area contributed by atoms with Crippen molar-refractivity contribution in [3.63, 3.8) is 0 Å². The minimum Gasteiger partial charge on any atom is -0.472 e. The van der Waals surface area contributed by atoms with Gasteiger partial charge in [0.05, 0.1) is 6.20 Å². The summed E-state index contributed by atoms with van der Waals surface area (Å²) in [5, 5.41) is 21.4. The molecule has 0 saturated carbocycles. The Morgan fingerprint density at radius 1 is 1.50 bits per heavy atom. The lowest BCUT2D eigenvalue weighted by Gasteiger charge is -2.10. The van der Waals surface area contributed by atoms with Crippen molar-refractivity contribution < 1.29 is 19.9 Å². The van der Waals surface area contributed by atoms with Crippen molar-refractivity contribution in [2.24, 2.45) is 0 Å². The van der Waals surface area contributed by atoms with Gasteiger partial charge in [-0.05, 0) is 12.1 Å². The van der Waals surface area contributed by atoms with Crippen LogP contribution in [-0.2, 0) is 6.61 Å². The van der Waals surface area contributed by atoms with Gasteiger partial charge in [-0.15, -0.1) is 11.3 Å². The Morgan fingerprint density at radius 2 is 2.30 bits per heavy atom. The minimum absolute atomic E-state index is 0.0276. The Balaban J connectivity index is 2.29. The number of carbonyl (C=O) groups excluding carboxylic acids is 1. The molecule has 0 aliphatic carbocycles. The molecule has 0 radical (unpaired) electrons. The van der Waals surface area contributed by atoms with Gasteiger partial charge >= 0.3 is 0 Å². The summed E-state index contributed by atoms with van der Waals surface area (Å²) in [6, 6.07) is 6.21. The summed E-state index contributed by atoms with van der Waals surface area (Å²) >= 11 is 0. The maximum Gasteiger partial charge on any atom is 0.275 e. The first kappa shape index (κ1) is 13.5. The molecule has 0 unspecified atom stereocenters. The maximum absolute atomic E-state index is 11.6. The van der Waals surface area contributed by atoms with Crippen molar-refractivity contribution in [1.82, 2.24) is 15.4 Å². The summed E-state index contributed by atoms with van der Waals surface area (Å²) in [6.07, 6.45) is 6.67. The van der Waals surface area contributed by atoms with E-state index in [4.69, 9.17) is 21.6 Å². The Labute approximate surface area is 114 Å². The van der Waals surface area contributed by atoms with E-state index in [9.17, 15) is 4.79 Å². The zero-order chi connectivity index (χ0) is 14.5. The van der Waals surface area contributed by atoms with E-state index in [1.165, 1.54) is 18.3 Å². The molecule has 1 aromatic carbocycles. The number of rotatable bonds is 4. The van der Waals surface area contributed by atoms with E-state index in [2.05, 4.69) is 11.0 Å². The van der Waals surface area contributed by atoms with Gasteiger partial charge in [-0.1, -0.05) is 17.1 Å². The Hall–Kier alpha value is -2.98. The third-order valence-corrected chi connectivity index (χ3v) is 2.59. The lowest BCUT2D eigenvalue weighted by molar-refractivity contribution is 0.0703. The molecule has 3 N–H and O–H groups in total. The molecule has 0 spiro atoms. The number of nitrogens with zero attached hydrogens (tertiary/aromatic N) is 2.